The van der Waals surface area contributed by atoms with E-state index in [0.717, 1.165) is 11.1 Å². The van der Waals surface area contributed by atoms with Crippen LogP contribution in [0.4, 0.5) is 8.78 Å². The molecule has 0 amide bonds. The van der Waals surface area contributed by atoms with Crippen LogP contribution in [-0.2, 0) is 6.42 Å². The van der Waals surface area contributed by atoms with Crippen LogP contribution in [-0.4, -0.2) is 7.11 Å². The minimum Gasteiger partial charge on any atom is -0.494 e. The second kappa shape index (κ2) is 6.98. The Labute approximate surface area is 130 Å². The van der Waals surface area contributed by atoms with Crippen molar-refractivity contribution in [2.75, 3.05) is 7.11 Å². The van der Waals surface area contributed by atoms with E-state index in [9.17, 15) is 8.78 Å². The SMILES string of the molecule is COc1cc(C(Cc2cc(F)cc(Br)c2)NN)ccc1F. The summed E-state index contributed by atoms with van der Waals surface area (Å²) < 4.78 is 32.5. The van der Waals surface area contributed by atoms with E-state index in [2.05, 4.69) is 21.4 Å². The fraction of sp³-hybridized carbons (Fsp3) is 0.200. The first-order chi connectivity index (χ1) is 10.0. The van der Waals surface area contributed by atoms with Gasteiger partial charge in [-0.2, -0.15) is 0 Å². The third-order valence-electron chi connectivity index (χ3n) is 3.14. The van der Waals surface area contributed by atoms with Gasteiger partial charge >= 0.3 is 0 Å². The summed E-state index contributed by atoms with van der Waals surface area (Å²) in [6.45, 7) is 0. The highest BCUT2D eigenvalue weighted by Gasteiger charge is 2.14. The molecule has 0 heterocycles. The fourth-order valence-electron chi connectivity index (χ4n) is 2.13. The molecule has 0 aliphatic carbocycles. The van der Waals surface area contributed by atoms with Gasteiger partial charge in [-0.05, 0) is 47.9 Å². The van der Waals surface area contributed by atoms with Crippen molar-refractivity contribution in [2.24, 2.45) is 5.84 Å². The highest BCUT2D eigenvalue weighted by molar-refractivity contribution is 9.10. The lowest BCUT2D eigenvalue weighted by Crippen LogP contribution is -2.29. The third-order valence-corrected chi connectivity index (χ3v) is 3.60. The fourth-order valence-corrected chi connectivity index (χ4v) is 2.64. The van der Waals surface area contributed by atoms with E-state index in [-0.39, 0.29) is 17.6 Å². The van der Waals surface area contributed by atoms with E-state index in [0.29, 0.717) is 10.9 Å². The Morgan fingerprint density at radius 2 is 2.00 bits per heavy atom. The Kier molecular flexibility index (Phi) is 5.27. The summed E-state index contributed by atoms with van der Waals surface area (Å²) in [5.41, 5.74) is 4.19. The average Bonchev–Trinajstić information content (AvgIpc) is 2.44. The van der Waals surface area contributed by atoms with E-state index in [1.807, 2.05) is 6.07 Å². The van der Waals surface area contributed by atoms with Gasteiger partial charge in [-0.1, -0.05) is 22.0 Å². The van der Waals surface area contributed by atoms with Crippen LogP contribution >= 0.6 is 15.9 Å². The van der Waals surface area contributed by atoms with Crippen LogP contribution in [0.1, 0.15) is 17.2 Å². The number of methoxy groups -OCH3 is 1. The Morgan fingerprint density at radius 1 is 1.24 bits per heavy atom. The molecular formula is C15H15BrF2N2O. The predicted octanol–water partition coefficient (Wildman–Crippen LogP) is 3.48. The summed E-state index contributed by atoms with van der Waals surface area (Å²) in [7, 11) is 1.40. The Balaban J connectivity index is 2.27. The number of rotatable bonds is 5. The van der Waals surface area contributed by atoms with Crippen molar-refractivity contribution in [2.45, 2.75) is 12.5 Å². The zero-order valence-electron chi connectivity index (χ0n) is 11.4. The summed E-state index contributed by atoms with van der Waals surface area (Å²) in [5, 5.41) is 0. The second-order valence-electron chi connectivity index (χ2n) is 4.60. The second-order valence-corrected chi connectivity index (χ2v) is 5.51. The van der Waals surface area contributed by atoms with Gasteiger partial charge in [0, 0.05) is 4.47 Å². The molecule has 2 aromatic rings. The van der Waals surface area contributed by atoms with Crippen LogP contribution in [0.3, 0.4) is 0 Å². The summed E-state index contributed by atoms with van der Waals surface area (Å²) in [5.74, 6) is 4.95. The van der Waals surface area contributed by atoms with E-state index < -0.39 is 5.82 Å². The molecule has 0 saturated heterocycles. The summed E-state index contributed by atoms with van der Waals surface area (Å²) in [6.07, 6.45) is 0.460. The third kappa shape index (κ3) is 4.00. The first kappa shape index (κ1) is 15.9. The lowest BCUT2D eigenvalue weighted by Gasteiger charge is -2.17. The van der Waals surface area contributed by atoms with Gasteiger partial charge in [0.1, 0.15) is 5.82 Å². The summed E-state index contributed by atoms with van der Waals surface area (Å²) in [6, 6.07) is 8.87. The van der Waals surface area contributed by atoms with E-state index in [4.69, 9.17) is 10.6 Å². The molecule has 2 rings (SSSR count). The number of hydrogen-bond donors (Lipinski definition) is 2. The van der Waals surface area contributed by atoms with Gasteiger partial charge < -0.3 is 4.74 Å². The Bertz CT molecular complexity index is 617. The van der Waals surface area contributed by atoms with Gasteiger partial charge in [0.05, 0.1) is 13.2 Å². The van der Waals surface area contributed by atoms with Gasteiger partial charge in [0.25, 0.3) is 0 Å². The van der Waals surface area contributed by atoms with Crippen molar-refractivity contribution in [1.29, 1.82) is 0 Å². The lowest BCUT2D eigenvalue weighted by molar-refractivity contribution is 0.384. The molecular weight excluding hydrogens is 342 g/mol. The lowest BCUT2D eigenvalue weighted by atomic mass is 9.99. The largest absolute Gasteiger partial charge is 0.494 e. The maximum atomic E-state index is 13.4. The first-order valence-corrected chi connectivity index (χ1v) is 7.07. The topological polar surface area (TPSA) is 47.3 Å². The standard InChI is InChI=1S/C15H15BrF2N2O/c1-21-15-7-10(2-3-13(15)18)14(20-19)6-9-4-11(16)8-12(17)5-9/h2-5,7-8,14,20H,6,19H2,1H3. The number of hydrazine groups is 1. The average molecular weight is 357 g/mol. The zero-order valence-corrected chi connectivity index (χ0v) is 13.0. The van der Waals surface area contributed by atoms with Crippen molar-refractivity contribution in [3.63, 3.8) is 0 Å². The molecule has 6 heteroatoms. The molecule has 112 valence electrons. The number of benzene rings is 2. The smallest absolute Gasteiger partial charge is 0.165 e. The normalized spacial score (nSPS) is 12.2. The molecule has 0 aromatic heterocycles. The van der Waals surface area contributed by atoms with Crippen molar-refractivity contribution < 1.29 is 13.5 Å². The van der Waals surface area contributed by atoms with Crippen LogP contribution in [0, 0.1) is 11.6 Å². The van der Waals surface area contributed by atoms with Gasteiger partial charge in [-0.25, -0.2) is 8.78 Å². The molecule has 2 aromatic carbocycles. The van der Waals surface area contributed by atoms with Crippen LogP contribution < -0.4 is 16.0 Å². The van der Waals surface area contributed by atoms with Crippen molar-refractivity contribution in [3.05, 3.63) is 63.6 Å². The number of halogens is 3. The number of nitrogens with two attached hydrogens (primary N) is 1. The van der Waals surface area contributed by atoms with Gasteiger partial charge in [-0.3, -0.25) is 11.3 Å². The quantitative estimate of drug-likeness (QED) is 0.636. The molecule has 3 N–H and O–H groups in total. The zero-order chi connectivity index (χ0) is 15.4. The molecule has 0 spiro atoms. The highest BCUT2D eigenvalue weighted by atomic mass is 79.9. The van der Waals surface area contributed by atoms with Gasteiger partial charge in [0.2, 0.25) is 0 Å². The van der Waals surface area contributed by atoms with Crippen molar-refractivity contribution in [1.82, 2.24) is 5.43 Å². The van der Waals surface area contributed by atoms with Crippen LogP contribution in [0.25, 0.3) is 0 Å². The van der Waals surface area contributed by atoms with E-state index >= 15 is 0 Å². The number of hydrogen-bond acceptors (Lipinski definition) is 3. The molecule has 1 unspecified atom stereocenters. The molecule has 1 atom stereocenters. The maximum Gasteiger partial charge on any atom is 0.165 e. The van der Waals surface area contributed by atoms with E-state index in [1.54, 1.807) is 12.1 Å². The molecule has 21 heavy (non-hydrogen) atoms. The Hall–Kier alpha value is -1.50. The maximum absolute atomic E-state index is 13.4. The summed E-state index contributed by atoms with van der Waals surface area (Å²) in [4.78, 5) is 0. The van der Waals surface area contributed by atoms with Crippen LogP contribution in [0.15, 0.2) is 40.9 Å². The predicted molar refractivity (Wildman–Crippen MR) is 80.8 cm³/mol. The van der Waals surface area contributed by atoms with Gasteiger partial charge in [-0.15, -0.1) is 0 Å². The molecule has 0 saturated carbocycles. The number of ether oxygens (including phenoxy) is 1. The molecule has 0 radical (unpaired) electrons. The van der Waals surface area contributed by atoms with Crippen molar-refractivity contribution in [3.8, 4) is 5.75 Å². The van der Waals surface area contributed by atoms with Crippen molar-refractivity contribution >= 4 is 15.9 Å². The molecule has 0 aliphatic rings. The molecule has 0 fully saturated rings. The Morgan fingerprint density at radius 3 is 2.62 bits per heavy atom. The highest BCUT2D eigenvalue weighted by Crippen LogP contribution is 2.25. The molecule has 0 aliphatic heterocycles. The number of nitrogens with one attached hydrogen (secondary N) is 1. The first-order valence-electron chi connectivity index (χ1n) is 6.28. The van der Waals surface area contributed by atoms with E-state index in [1.165, 1.54) is 25.3 Å². The van der Waals surface area contributed by atoms with Crippen LogP contribution in [0.2, 0.25) is 0 Å². The van der Waals surface area contributed by atoms with Crippen LogP contribution in [0.5, 0.6) is 5.75 Å². The minimum absolute atomic E-state index is 0.146. The summed E-state index contributed by atoms with van der Waals surface area (Å²) >= 11 is 3.25. The minimum atomic E-state index is -0.439. The molecule has 3 nitrogen and oxygen atoms in total. The molecule has 0 bridgehead atoms. The monoisotopic (exact) mass is 356 g/mol. The van der Waals surface area contributed by atoms with Gasteiger partial charge in [0.15, 0.2) is 11.6 Å².